The number of benzene rings is 2. The van der Waals surface area contributed by atoms with Crippen molar-refractivity contribution in [1.82, 2.24) is 15.0 Å². The van der Waals surface area contributed by atoms with Gasteiger partial charge in [0.2, 0.25) is 5.95 Å². The predicted molar refractivity (Wildman–Crippen MR) is 142 cm³/mol. The summed E-state index contributed by atoms with van der Waals surface area (Å²) in [6.45, 7) is 4.23. The van der Waals surface area contributed by atoms with E-state index in [4.69, 9.17) is 4.74 Å². The summed E-state index contributed by atoms with van der Waals surface area (Å²) in [5.74, 6) is 0.171. The third-order valence-corrected chi connectivity index (χ3v) is 5.73. The monoisotopic (exact) mass is 499 g/mol. The van der Waals surface area contributed by atoms with Crippen LogP contribution in [0.5, 0.6) is 5.75 Å². The van der Waals surface area contributed by atoms with E-state index in [1.54, 1.807) is 18.3 Å². The number of hydrazone groups is 1. The minimum Gasteiger partial charge on any atom is -0.508 e. The van der Waals surface area contributed by atoms with Crippen molar-refractivity contribution in [2.45, 2.75) is 6.92 Å². The normalized spacial score (nSPS) is 13.6. The minimum absolute atomic E-state index is 0.194. The van der Waals surface area contributed by atoms with Gasteiger partial charge in [0, 0.05) is 18.8 Å². The van der Waals surface area contributed by atoms with Crippen LogP contribution in [0.2, 0.25) is 0 Å². The molecule has 1 fully saturated rings. The van der Waals surface area contributed by atoms with E-state index in [2.05, 4.69) is 36.9 Å². The van der Waals surface area contributed by atoms with Crippen molar-refractivity contribution in [3.63, 3.8) is 0 Å². The van der Waals surface area contributed by atoms with Crippen molar-refractivity contribution in [2.75, 3.05) is 41.9 Å². The van der Waals surface area contributed by atoms with Crippen LogP contribution in [-0.4, -0.2) is 52.6 Å². The summed E-state index contributed by atoms with van der Waals surface area (Å²) in [7, 11) is 0. The lowest BCUT2D eigenvalue weighted by atomic mass is 10.0. The van der Waals surface area contributed by atoms with E-state index in [9.17, 15) is 9.50 Å². The van der Waals surface area contributed by atoms with Gasteiger partial charge in [-0.05, 0) is 60.0 Å². The molecule has 1 saturated heterocycles. The molecular formula is C27H26FN7O2. The molecule has 2 aromatic heterocycles. The molecule has 0 spiro atoms. The number of halogens is 1. The van der Waals surface area contributed by atoms with Crippen molar-refractivity contribution in [3.05, 3.63) is 84.1 Å². The highest BCUT2D eigenvalue weighted by molar-refractivity contribution is 5.78. The molecule has 0 bridgehead atoms. The van der Waals surface area contributed by atoms with Gasteiger partial charge in [-0.15, -0.1) is 0 Å². The van der Waals surface area contributed by atoms with Crippen molar-refractivity contribution < 1.29 is 14.2 Å². The second kappa shape index (κ2) is 11.0. The maximum Gasteiger partial charge on any atom is 0.245 e. The maximum absolute atomic E-state index is 14.2. The molecule has 3 N–H and O–H groups in total. The van der Waals surface area contributed by atoms with E-state index in [-0.39, 0.29) is 17.5 Å². The van der Waals surface area contributed by atoms with Crippen LogP contribution in [0.15, 0.2) is 72.1 Å². The first kappa shape index (κ1) is 24.1. The van der Waals surface area contributed by atoms with Crippen LogP contribution >= 0.6 is 0 Å². The number of anilines is 4. The number of pyridine rings is 1. The lowest BCUT2D eigenvalue weighted by Gasteiger charge is -2.27. The van der Waals surface area contributed by atoms with Gasteiger partial charge >= 0.3 is 0 Å². The Balaban J connectivity index is 1.23. The molecule has 37 heavy (non-hydrogen) atoms. The molecule has 10 heteroatoms. The topological polar surface area (TPSA) is 108 Å². The van der Waals surface area contributed by atoms with E-state index in [1.807, 2.05) is 48.2 Å². The van der Waals surface area contributed by atoms with Gasteiger partial charge in [-0.1, -0.05) is 18.2 Å². The molecule has 188 valence electrons. The van der Waals surface area contributed by atoms with Gasteiger partial charge in [-0.25, -0.2) is 14.8 Å². The highest BCUT2D eigenvalue weighted by Crippen LogP contribution is 2.28. The molecule has 4 aromatic rings. The van der Waals surface area contributed by atoms with Gasteiger partial charge in [-0.3, -0.25) is 4.98 Å². The van der Waals surface area contributed by atoms with Gasteiger partial charge in [0.05, 0.1) is 43.2 Å². The van der Waals surface area contributed by atoms with Crippen molar-refractivity contribution >= 4 is 29.4 Å². The summed E-state index contributed by atoms with van der Waals surface area (Å²) >= 11 is 0. The molecule has 0 saturated carbocycles. The van der Waals surface area contributed by atoms with Crippen molar-refractivity contribution in [3.8, 4) is 16.9 Å². The predicted octanol–water partition coefficient (Wildman–Crippen LogP) is 4.72. The van der Waals surface area contributed by atoms with Gasteiger partial charge in [0.1, 0.15) is 5.75 Å². The Kier molecular flexibility index (Phi) is 7.18. The summed E-state index contributed by atoms with van der Waals surface area (Å²) in [6.07, 6.45) is 4.38. The third kappa shape index (κ3) is 6.17. The lowest BCUT2D eigenvalue weighted by Crippen LogP contribution is -2.37. The number of hydrogen-bond donors (Lipinski definition) is 3. The Labute approximate surface area is 213 Å². The van der Waals surface area contributed by atoms with Gasteiger partial charge < -0.3 is 20.1 Å². The first-order valence-electron chi connectivity index (χ1n) is 11.8. The fourth-order valence-electron chi connectivity index (χ4n) is 3.99. The summed E-state index contributed by atoms with van der Waals surface area (Å²) < 4.78 is 19.5. The first-order valence-corrected chi connectivity index (χ1v) is 11.8. The van der Waals surface area contributed by atoms with E-state index < -0.39 is 5.82 Å². The van der Waals surface area contributed by atoms with Gasteiger partial charge in [0.25, 0.3) is 0 Å². The number of phenolic OH excluding ortho intramolecular Hbond substituents is 1. The SMILES string of the molecule is Cc1cc(Nc2ccc(C=NNc3ncc(F)c(N4CCOCC4)n3)nc2)cc(-c2cccc(O)c2)c1. The van der Waals surface area contributed by atoms with E-state index >= 15 is 0 Å². The van der Waals surface area contributed by atoms with Crippen molar-refractivity contribution in [1.29, 1.82) is 0 Å². The van der Waals surface area contributed by atoms with Crippen LogP contribution in [0.4, 0.5) is 27.5 Å². The molecule has 0 unspecified atom stereocenters. The average molecular weight is 500 g/mol. The molecule has 0 aliphatic carbocycles. The molecule has 1 aliphatic rings. The number of morpholine rings is 1. The Hall–Kier alpha value is -4.57. The fourth-order valence-corrected chi connectivity index (χ4v) is 3.99. The number of aromatic hydroxyl groups is 1. The Morgan fingerprint density at radius 3 is 2.65 bits per heavy atom. The zero-order valence-electron chi connectivity index (χ0n) is 20.2. The molecule has 5 rings (SSSR count). The number of nitrogens with zero attached hydrogens (tertiary/aromatic N) is 5. The highest BCUT2D eigenvalue weighted by atomic mass is 19.1. The molecule has 3 heterocycles. The molecule has 0 amide bonds. The van der Waals surface area contributed by atoms with E-state index in [1.165, 1.54) is 6.21 Å². The zero-order valence-corrected chi connectivity index (χ0v) is 20.2. The molecule has 1 aliphatic heterocycles. The molecule has 2 aromatic carbocycles. The molecule has 0 radical (unpaired) electrons. The van der Waals surface area contributed by atoms with Crippen LogP contribution in [0.25, 0.3) is 11.1 Å². The second-order valence-corrected chi connectivity index (χ2v) is 8.57. The largest absolute Gasteiger partial charge is 0.508 e. The maximum atomic E-state index is 14.2. The zero-order chi connectivity index (χ0) is 25.6. The Morgan fingerprint density at radius 1 is 1.00 bits per heavy atom. The molecule has 0 atom stereocenters. The number of phenols is 1. The van der Waals surface area contributed by atoms with Crippen LogP contribution in [0, 0.1) is 12.7 Å². The Bertz CT molecular complexity index is 1410. The minimum atomic E-state index is -0.483. The standard InChI is InChI=1S/C27H26FN7O2/c1-18-11-20(19-3-2-4-24(36)14-19)13-23(12-18)32-22-6-5-21(29-15-22)16-31-34-27-30-17-25(28)26(33-27)35-7-9-37-10-8-35/h2-6,11-17,32,36H,7-10H2,1H3,(H,30,33,34). The van der Waals surface area contributed by atoms with Crippen LogP contribution in [0.3, 0.4) is 0 Å². The summed E-state index contributed by atoms with van der Waals surface area (Å²) in [4.78, 5) is 14.4. The lowest BCUT2D eigenvalue weighted by molar-refractivity contribution is 0.122. The fraction of sp³-hybridized carbons (Fsp3) is 0.185. The van der Waals surface area contributed by atoms with Crippen LogP contribution < -0.4 is 15.6 Å². The summed E-state index contributed by atoms with van der Waals surface area (Å²) in [5, 5.41) is 17.3. The average Bonchev–Trinajstić information content (AvgIpc) is 2.91. The van der Waals surface area contributed by atoms with E-state index in [0.717, 1.165) is 34.3 Å². The molecule has 9 nitrogen and oxygen atoms in total. The third-order valence-electron chi connectivity index (χ3n) is 5.73. The van der Waals surface area contributed by atoms with Gasteiger partial charge in [-0.2, -0.15) is 10.1 Å². The molecular weight excluding hydrogens is 473 g/mol. The van der Waals surface area contributed by atoms with Gasteiger partial charge in [0.15, 0.2) is 11.6 Å². The number of nitrogens with one attached hydrogen (secondary N) is 2. The summed E-state index contributed by atoms with van der Waals surface area (Å²) in [6, 6.07) is 17.0. The highest BCUT2D eigenvalue weighted by Gasteiger charge is 2.17. The number of aromatic nitrogens is 3. The van der Waals surface area contributed by atoms with Crippen LogP contribution in [0.1, 0.15) is 11.3 Å². The number of aryl methyl sites for hydroxylation is 1. The number of ether oxygens (including phenoxy) is 1. The quantitative estimate of drug-likeness (QED) is 0.248. The number of rotatable bonds is 7. The summed E-state index contributed by atoms with van der Waals surface area (Å²) in [5.41, 5.74) is 8.11. The second-order valence-electron chi connectivity index (χ2n) is 8.57. The van der Waals surface area contributed by atoms with Crippen molar-refractivity contribution in [2.24, 2.45) is 5.10 Å². The van der Waals surface area contributed by atoms with Crippen LogP contribution in [-0.2, 0) is 4.74 Å². The first-order chi connectivity index (χ1) is 18.0. The van der Waals surface area contributed by atoms with E-state index in [0.29, 0.717) is 32.0 Å². The Morgan fingerprint density at radius 2 is 1.86 bits per heavy atom. The number of hydrogen-bond acceptors (Lipinski definition) is 9. The smallest absolute Gasteiger partial charge is 0.245 e.